The predicted octanol–water partition coefficient (Wildman–Crippen LogP) is 4.75. The van der Waals surface area contributed by atoms with Crippen LogP contribution in [0.2, 0.25) is 0 Å². The molecular formula is C21H28N4O3. The van der Waals surface area contributed by atoms with E-state index in [-0.39, 0.29) is 6.04 Å². The SMILES string of the molecule is CC(C)CC(NC(=O)OC(C)(C)C)c1noc(Cc2c[nH]c3ccccc23)n1. The summed E-state index contributed by atoms with van der Waals surface area (Å²) in [5, 5.41) is 8.12. The average molecular weight is 384 g/mol. The third kappa shape index (κ3) is 5.12. The second-order valence-electron chi connectivity index (χ2n) is 8.41. The normalized spacial score (nSPS) is 13.1. The molecule has 2 N–H and O–H groups in total. The molecule has 1 aromatic carbocycles. The first-order chi connectivity index (χ1) is 13.2. The number of H-pyrrole nitrogens is 1. The lowest BCUT2D eigenvalue weighted by atomic mass is 10.0. The lowest BCUT2D eigenvalue weighted by Gasteiger charge is -2.23. The zero-order valence-electron chi connectivity index (χ0n) is 17.1. The molecule has 0 saturated carbocycles. The highest BCUT2D eigenvalue weighted by atomic mass is 16.6. The van der Waals surface area contributed by atoms with Gasteiger partial charge in [-0.1, -0.05) is 37.2 Å². The van der Waals surface area contributed by atoms with Crippen LogP contribution in [0.3, 0.4) is 0 Å². The molecule has 150 valence electrons. The second-order valence-corrected chi connectivity index (χ2v) is 8.41. The summed E-state index contributed by atoms with van der Waals surface area (Å²) in [6.07, 6.45) is 2.68. The number of hydrogen-bond acceptors (Lipinski definition) is 5. The summed E-state index contributed by atoms with van der Waals surface area (Å²) in [5.74, 6) is 1.32. The largest absolute Gasteiger partial charge is 0.444 e. The van der Waals surface area contributed by atoms with Crippen molar-refractivity contribution in [3.8, 4) is 0 Å². The van der Waals surface area contributed by atoms with E-state index < -0.39 is 11.7 Å². The Labute approximate surface area is 164 Å². The van der Waals surface area contributed by atoms with E-state index in [1.165, 1.54) is 0 Å². The van der Waals surface area contributed by atoms with E-state index in [4.69, 9.17) is 9.26 Å². The van der Waals surface area contributed by atoms with Crippen LogP contribution in [0.5, 0.6) is 0 Å². The highest BCUT2D eigenvalue weighted by Crippen LogP contribution is 2.23. The van der Waals surface area contributed by atoms with Crippen molar-refractivity contribution in [2.45, 2.75) is 59.1 Å². The van der Waals surface area contributed by atoms with E-state index in [0.29, 0.717) is 30.5 Å². The second kappa shape index (κ2) is 8.04. The zero-order valence-corrected chi connectivity index (χ0v) is 17.1. The van der Waals surface area contributed by atoms with Gasteiger partial charge >= 0.3 is 6.09 Å². The maximum atomic E-state index is 12.2. The van der Waals surface area contributed by atoms with E-state index in [1.807, 2.05) is 45.2 Å². The molecule has 1 atom stereocenters. The Morgan fingerprint density at radius 3 is 2.75 bits per heavy atom. The molecule has 0 radical (unpaired) electrons. The Morgan fingerprint density at radius 1 is 1.29 bits per heavy atom. The molecule has 3 aromatic rings. The Balaban J connectivity index is 1.75. The van der Waals surface area contributed by atoms with Crippen molar-refractivity contribution in [2.24, 2.45) is 5.92 Å². The van der Waals surface area contributed by atoms with Crippen LogP contribution in [-0.4, -0.2) is 26.8 Å². The van der Waals surface area contributed by atoms with Crippen LogP contribution in [0.25, 0.3) is 10.9 Å². The number of benzene rings is 1. The highest BCUT2D eigenvalue weighted by molar-refractivity contribution is 5.83. The lowest BCUT2D eigenvalue weighted by Crippen LogP contribution is -2.35. The van der Waals surface area contributed by atoms with Crippen molar-refractivity contribution in [3.05, 3.63) is 47.7 Å². The zero-order chi connectivity index (χ0) is 20.3. The first-order valence-corrected chi connectivity index (χ1v) is 9.58. The van der Waals surface area contributed by atoms with Crippen molar-refractivity contribution >= 4 is 17.0 Å². The van der Waals surface area contributed by atoms with Crippen molar-refractivity contribution in [1.29, 1.82) is 0 Å². The molecule has 28 heavy (non-hydrogen) atoms. The molecule has 0 aliphatic carbocycles. The third-order valence-electron chi connectivity index (χ3n) is 4.21. The maximum Gasteiger partial charge on any atom is 0.408 e. The lowest BCUT2D eigenvalue weighted by molar-refractivity contribution is 0.0494. The van der Waals surface area contributed by atoms with Gasteiger partial charge in [-0.05, 0) is 44.7 Å². The fourth-order valence-electron chi connectivity index (χ4n) is 3.07. The van der Waals surface area contributed by atoms with E-state index >= 15 is 0 Å². The van der Waals surface area contributed by atoms with Crippen LogP contribution in [0, 0.1) is 5.92 Å². The molecule has 2 heterocycles. The van der Waals surface area contributed by atoms with E-state index in [2.05, 4.69) is 40.4 Å². The number of alkyl carbamates (subject to hydrolysis) is 1. The standard InChI is InChI=1S/C21H28N4O3/c1-13(2)10-17(23-20(26)27-21(3,4)5)19-24-18(28-25-19)11-14-12-22-16-9-7-6-8-15(14)16/h6-9,12-13,17,22H,10-11H2,1-5H3,(H,23,26). The quantitative estimate of drug-likeness (QED) is 0.639. The fraction of sp³-hybridized carbons (Fsp3) is 0.476. The summed E-state index contributed by atoms with van der Waals surface area (Å²) in [6, 6.07) is 7.72. The van der Waals surface area contributed by atoms with E-state index in [1.54, 1.807) is 0 Å². The minimum atomic E-state index is -0.565. The Morgan fingerprint density at radius 2 is 2.04 bits per heavy atom. The number of hydrogen-bond donors (Lipinski definition) is 2. The van der Waals surface area contributed by atoms with Gasteiger partial charge in [0.15, 0.2) is 5.82 Å². The molecule has 7 nitrogen and oxygen atoms in total. The number of rotatable bonds is 6. The summed E-state index contributed by atoms with van der Waals surface area (Å²) in [6.45, 7) is 9.65. The molecule has 0 spiro atoms. The molecule has 1 amide bonds. The molecule has 0 bridgehead atoms. The fourth-order valence-corrected chi connectivity index (χ4v) is 3.07. The summed E-state index contributed by atoms with van der Waals surface area (Å²) in [7, 11) is 0. The van der Waals surface area contributed by atoms with Gasteiger partial charge in [-0.2, -0.15) is 4.98 Å². The van der Waals surface area contributed by atoms with Crippen LogP contribution in [0.1, 0.15) is 64.4 Å². The van der Waals surface area contributed by atoms with Gasteiger partial charge in [0.25, 0.3) is 0 Å². The summed E-state index contributed by atoms with van der Waals surface area (Å²) in [4.78, 5) is 20.0. The van der Waals surface area contributed by atoms with Crippen LogP contribution in [0.4, 0.5) is 4.79 Å². The van der Waals surface area contributed by atoms with Gasteiger partial charge in [0.1, 0.15) is 5.60 Å². The molecule has 7 heteroatoms. The number of nitrogens with one attached hydrogen (secondary N) is 2. The Hall–Kier alpha value is -2.83. The number of para-hydroxylation sites is 1. The molecule has 1 unspecified atom stereocenters. The van der Waals surface area contributed by atoms with Crippen molar-refractivity contribution in [1.82, 2.24) is 20.4 Å². The number of ether oxygens (including phenoxy) is 1. The molecule has 0 aliphatic rings. The van der Waals surface area contributed by atoms with Crippen molar-refractivity contribution in [2.75, 3.05) is 0 Å². The number of aromatic nitrogens is 3. The maximum absolute atomic E-state index is 12.2. The molecule has 0 aliphatic heterocycles. The van der Waals surface area contributed by atoms with E-state index in [0.717, 1.165) is 16.5 Å². The van der Waals surface area contributed by atoms with Gasteiger partial charge in [0, 0.05) is 17.1 Å². The Bertz CT molecular complexity index is 936. The molecule has 3 rings (SSSR count). The highest BCUT2D eigenvalue weighted by Gasteiger charge is 2.25. The first-order valence-electron chi connectivity index (χ1n) is 9.58. The van der Waals surface area contributed by atoms with Crippen molar-refractivity contribution < 1.29 is 14.1 Å². The molecular weight excluding hydrogens is 356 g/mol. The van der Waals surface area contributed by atoms with Gasteiger partial charge in [-0.25, -0.2) is 4.79 Å². The van der Waals surface area contributed by atoms with Gasteiger partial charge in [-0.15, -0.1) is 0 Å². The number of nitrogens with zero attached hydrogens (tertiary/aromatic N) is 2. The number of aromatic amines is 1. The third-order valence-corrected chi connectivity index (χ3v) is 4.21. The van der Waals surface area contributed by atoms with Gasteiger partial charge in [-0.3, -0.25) is 0 Å². The summed E-state index contributed by atoms with van der Waals surface area (Å²) in [5.41, 5.74) is 1.59. The van der Waals surface area contributed by atoms with Crippen LogP contribution < -0.4 is 5.32 Å². The first kappa shape index (κ1) is 19.9. The van der Waals surface area contributed by atoms with Crippen LogP contribution in [0.15, 0.2) is 35.0 Å². The summed E-state index contributed by atoms with van der Waals surface area (Å²) < 4.78 is 10.8. The smallest absolute Gasteiger partial charge is 0.408 e. The number of amides is 1. The molecule has 2 aromatic heterocycles. The number of fused-ring (bicyclic) bond motifs is 1. The van der Waals surface area contributed by atoms with Gasteiger partial charge in [0.2, 0.25) is 5.89 Å². The number of carbonyl (C=O) groups excluding carboxylic acids is 1. The summed E-state index contributed by atoms with van der Waals surface area (Å²) >= 11 is 0. The van der Waals surface area contributed by atoms with Gasteiger partial charge in [0.05, 0.1) is 12.5 Å². The van der Waals surface area contributed by atoms with Crippen molar-refractivity contribution in [3.63, 3.8) is 0 Å². The topological polar surface area (TPSA) is 93.0 Å². The molecule has 0 saturated heterocycles. The van der Waals surface area contributed by atoms with Crippen LogP contribution in [-0.2, 0) is 11.2 Å². The minimum absolute atomic E-state index is 0.343. The predicted molar refractivity (Wildman–Crippen MR) is 107 cm³/mol. The van der Waals surface area contributed by atoms with Gasteiger partial charge < -0.3 is 19.6 Å². The monoisotopic (exact) mass is 384 g/mol. The Kier molecular flexibility index (Phi) is 5.72. The van der Waals surface area contributed by atoms with E-state index in [9.17, 15) is 4.79 Å². The number of carbonyl (C=O) groups is 1. The average Bonchev–Trinajstić information content (AvgIpc) is 3.20. The molecule has 0 fully saturated rings. The van der Waals surface area contributed by atoms with Crippen LogP contribution >= 0.6 is 0 Å². The minimum Gasteiger partial charge on any atom is -0.444 e.